The highest BCUT2D eigenvalue weighted by molar-refractivity contribution is 5.71. The minimum absolute atomic E-state index is 0.00305. The van der Waals surface area contributed by atoms with E-state index in [-0.39, 0.29) is 5.69 Å². The van der Waals surface area contributed by atoms with Crippen molar-refractivity contribution in [1.82, 2.24) is 9.78 Å². The Morgan fingerprint density at radius 3 is 2.80 bits per heavy atom. The first-order chi connectivity index (χ1) is 9.55. The molecule has 20 heavy (non-hydrogen) atoms. The molecule has 2 rings (SSSR count). The molecule has 0 aliphatic heterocycles. The van der Waals surface area contributed by atoms with Crippen molar-refractivity contribution in [2.45, 2.75) is 13.3 Å². The van der Waals surface area contributed by atoms with E-state index in [4.69, 9.17) is 4.74 Å². The van der Waals surface area contributed by atoms with Gasteiger partial charge in [0, 0.05) is 25.4 Å². The lowest BCUT2D eigenvalue weighted by atomic mass is 10.2. The molecule has 0 atom stereocenters. The molecule has 0 aliphatic rings. The third-order valence-corrected chi connectivity index (χ3v) is 2.91. The highest BCUT2D eigenvalue weighted by Crippen LogP contribution is 2.32. The summed E-state index contributed by atoms with van der Waals surface area (Å²) in [4.78, 5) is 10.6. The summed E-state index contributed by atoms with van der Waals surface area (Å²) in [7, 11) is 3.33. The number of methoxy groups -OCH3 is 1. The van der Waals surface area contributed by atoms with E-state index in [1.807, 2.05) is 14.0 Å². The van der Waals surface area contributed by atoms with Crippen LogP contribution in [0.4, 0.5) is 17.1 Å². The molecule has 0 radical (unpaired) electrons. The van der Waals surface area contributed by atoms with E-state index < -0.39 is 4.92 Å². The molecule has 2 aromatic rings. The second-order valence-corrected chi connectivity index (χ2v) is 4.28. The van der Waals surface area contributed by atoms with Crippen LogP contribution in [0.25, 0.3) is 0 Å². The van der Waals surface area contributed by atoms with Crippen molar-refractivity contribution in [3.05, 3.63) is 40.2 Å². The van der Waals surface area contributed by atoms with E-state index in [1.165, 1.54) is 13.2 Å². The summed E-state index contributed by atoms with van der Waals surface area (Å²) in [6.45, 7) is 1.98. The maximum atomic E-state index is 11.1. The first-order valence-electron chi connectivity index (χ1n) is 6.17. The number of hydrogen-bond donors (Lipinski definition) is 1. The SMILES string of the molecule is CCc1nn(C)cc1Nc1cc(OC)ccc1[N+](=O)[O-]. The fourth-order valence-corrected chi connectivity index (χ4v) is 1.95. The predicted octanol–water partition coefficient (Wildman–Crippen LogP) is 2.64. The van der Waals surface area contributed by atoms with E-state index in [2.05, 4.69) is 10.4 Å². The molecule has 0 spiro atoms. The van der Waals surface area contributed by atoms with Gasteiger partial charge in [0.25, 0.3) is 5.69 Å². The highest BCUT2D eigenvalue weighted by atomic mass is 16.6. The number of nitro groups is 1. The van der Waals surface area contributed by atoms with Crippen LogP contribution in [0.5, 0.6) is 5.75 Å². The van der Waals surface area contributed by atoms with Crippen LogP contribution in [0.15, 0.2) is 24.4 Å². The summed E-state index contributed by atoms with van der Waals surface area (Å²) < 4.78 is 6.78. The average molecular weight is 276 g/mol. The number of rotatable bonds is 5. The predicted molar refractivity (Wildman–Crippen MR) is 75.5 cm³/mol. The summed E-state index contributed by atoms with van der Waals surface area (Å²) in [6, 6.07) is 4.58. The van der Waals surface area contributed by atoms with Crippen molar-refractivity contribution in [3.8, 4) is 5.75 Å². The molecule has 106 valence electrons. The Bertz CT molecular complexity index is 637. The van der Waals surface area contributed by atoms with E-state index in [1.54, 1.807) is 23.0 Å². The first-order valence-corrected chi connectivity index (χ1v) is 6.17. The molecule has 0 saturated carbocycles. The van der Waals surface area contributed by atoms with Crippen molar-refractivity contribution in [3.63, 3.8) is 0 Å². The molecule has 0 unspecified atom stereocenters. The molecule has 0 bridgehead atoms. The van der Waals surface area contributed by atoms with Crippen molar-refractivity contribution >= 4 is 17.1 Å². The fraction of sp³-hybridized carbons (Fsp3) is 0.308. The molecule has 1 aromatic heterocycles. The van der Waals surface area contributed by atoms with Crippen LogP contribution in [-0.2, 0) is 13.5 Å². The number of aryl methyl sites for hydroxylation is 2. The van der Waals surface area contributed by atoms with Gasteiger partial charge in [-0.25, -0.2) is 0 Å². The van der Waals surface area contributed by atoms with Gasteiger partial charge in [0.2, 0.25) is 0 Å². The summed E-state index contributed by atoms with van der Waals surface area (Å²) in [6.07, 6.45) is 2.53. The normalized spacial score (nSPS) is 10.3. The van der Waals surface area contributed by atoms with Gasteiger partial charge in [-0.1, -0.05) is 6.92 Å². The minimum atomic E-state index is -0.427. The highest BCUT2D eigenvalue weighted by Gasteiger charge is 2.16. The molecule has 0 aliphatic carbocycles. The van der Waals surface area contributed by atoms with E-state index in [0.29, 0.717) is 11.4 Å². The number of nitrogens with one attached hydrogen (secondary N) is 1. The fourth-order valence-electron chi connectivity index (χ4n) is 1.95. The zero-order valence-electron chi connectivity index (χ0n) is 11.6. The Kier molecular flexibility index (Phi) is 3.88. The monoisotopic (exact) mass is 276 g/mol. The topological polar surface area (TPSA) is 82.2 Å². The van der Waals surface area contributed by atoms with Crippen molar-refractivity contribution in [2.75, 3.05) is 12.4 Å². The smallest absolute Gasteiger partial charge is 0.292 e. The van der Waals surface area contributed by atoms with Crippen LogP contribution >= 0.6 is 0 Å². The van der Waals surface area contributed by atoms with Gasteiger partial charge in [-0.15, -0.1) is 0 Å². The lowest BCUT2D eigenvalue weighted by Crippen LogP contribution is -1.99. The number of nitrogens with zero attached hydrogens (tertiary/aromatic N) is 3. The Morgan fingerprint density at radius 2 is 2.20 bits per heavy atom. The quantitative estimate of drug-likeness (QED) is 0.670. The third kappa shape index (κ3) is 2.71. The molecule has 1 N–H and O–H groups in total. The van der Waals surface area contributed by atoms with Crippen LogP contribution in [0.1, 0.15) is 12.6 Å². The molecule has 7 heteroatoms. The minimum Gasteiger partial charge on any atom is -0.497 e. The summed E-state index contributed by atoms with van der Waals surface area (Å²) in [5, 5.41) is 18.4. The van der Waals surface area contributed by atoms with E-state index in [9.17, 15) is 10.1 Å². The van der Waals surface area contributed by atoms with Gasteiger partial charge < -0.3 is 10.1 Å². The third-order valence-electron chi connectivity index (χ3n) is 2.91. The van der Waals surface area contributed by atoms with Gasteiger partial charge in [0.15, 0.2) is 0 Å². The molecule has 1 heterocycles. The van der Waals surface area contributed by atoms with Crippen LogP contribution in [0, 0.1) is 10.1 Å². The molecular formula is C13H16N4O3. The zero-order chi connectivity index (χ0) is 14.7. The summed E-state index contributed by atoms with van der Waals surface area (Å²) >= 11 is 0. The van der Waals surface area contributed by atoms with Gasteiger partial charge in [-0.05, 0) is 12.5 Å². The number of anilines is 2. The molecule has 0 fully saturated rings. The standard InChI is InChI=1S/C13H16N4O3/c1-4-10-12(8-16(2)15-10)14-11-7-9(20-3)5-6-13(11)17(18)19/h5-8,14H,4H2,1-3H3. The Labute approximate surface area is 116 Å². The van der Waals surface area contributed by atoms with Gasteiger partial charge in [-0.2, -0.15) is 5.10 Å². The Morgan fingerprint density at radius 1 is 1.45 bits per heavy atom. The number of benzene rings is 1. The van der Waals surface area contributed by atoms with Crippen LogP contribution in [-0.4, -0.2) is 21.8 Å². The average Bonchev–Trinajstić information content (AvgIpc) is 2.78. The zero-order valence-corrected chi connectivity index (χ0v) is 11.6. The Balaban J connectivity index is 2.42. The molecule has 7 nitrogen and oxygen atoms in total. The van der Waals surface area contributed by atoms with Gasteiger partial charge in [0.1, 0.15) is 11.4 Å². The number of hydrogen-bond acceptors (Lipinski definition) is 5. The van der Waals surface area contributed by atoms with Crippen LogP contribution in [0.3, 0.4) is 0 Å². The van der Waals surface area contributed by atoms with Gasteiger partial charge in [-0.3, -0.25) is 14.8 Å². The number of ether oxygens (including phenoxy) is 1. The number of nitro benzene ring substituents is 1. The Hall–Kier alpha value is -2.57. The first kappa shape index (κ1) is 13.9. The largest absolute Gasteiger partial charge is 0.497 e. The second-order valence-electron chi connectivity index (χ2n) is 4.28. The van der Waals surface area contributed by atoms with Crippen molar-refractivity contribution in [2.24, 2.45) is 7.05 Å². The van der Waals surface area contributed by atoms with E-state index >= 15 is 0 Å². The van der Waals surface area contributed by atoms with Gasteiger partial charge >= 0.3 is 0 Å². The summed E-state index contributed by atoms with van der Waals surface area (Å²) in [5.74, 6) is 0.556. The van der Waals surface area contributed by atoms with Crippen molar-refractivity contribution in [1.29, 1.82) is 0 Å². The molecule has 0 saturated heterocycles. The summed E-state index contributed by atoms with van der Waals surface area (Å²) in [5.41, 5.74) is 1.99. The van der Waals surface area contributed by atoms with Crippen molar-refractivity contribution < 1.29 is 9.66 Å². The maximum absolute atomic E-state index is 11.1. The molecular weight excluding hydrogens is 260 g/mol. The lowest BCUT2D eigenvalue weighted by Gasteiger charge is -2.08. The van der Waals surface area contributed by atoms with Gasteiger partial charge in [0.05, 0.1) is 23.4 Å². The molecule has 1 aromatic carbocycles. The van der Waals surface area contributed by atoms with Crippen LogP contribution in [0.2, 0.25) is 0 Å². The van der Waals surface area contributed by atoms with E-state index in [0.717, 1.165) is 17.8 Å². The van der Waals surface area contributed by atoms with Crippen LogP contribution < -0.4 is 10.1 Å². The maximum Gasteiger partial charge on any atom is 0.292 e. The second kappa shape index (κ2) is 5.60. The number of aromatic nitrogens is 2. The lowest BCUT2D eigenvalue weighted by molar-refractivity contribution is -0.383. The molecule has 0 amide bonds.